The van der Waals surface area contributed by atoms with E-state index in [1.807, 2.05) is 48.0 Å². The molecule has 3 aromatic carbocycles. The fourth-order valence-electron chi connectivity index (χ4n) is 4.96. The van der Waals surface area contributed by atoms with Crippen molar-refractivity contribution >= 4 is 44.8 Å². The molecule has 3 aromatic heterocycles. The van der Waals surface area contributed by atoms with Crippen LogP contribution in [0.4, 0.5) is 0 Å². The predicted octanol–water partition coefficient (Wildman–Crippen LogP) is 10.3. The van der Waals surface area contributed by atoms with Crippen LogP contribution in [-0.4, -0.2) is 18.0 Å². The van der Waals surface area contributed by atoms with E-state index in [9.17, 15) is 0 Å². The van der Waals surface area contributed by atoms with E-state index in [0.717, 1.165) is 22.5 Å². The van der Waals surface area contributed by atoms with Crippen molar-refractivity contribution in [2.45, 2.75) is 59.2 Å². The van der Waals surface area contributed by atoms with E-state index in [1.54, 1.807) is 5.19 Å². The Hall–Kier alpha value is -2.95. The van der Waals surface area contributed by atoms with Crippen LogP contribution in [0.5, 0.6) is 0 Å². The van der Waals surface area contributed by atoms with Crippen molar-refractivity contribution in [2.24, 2.45) is 0 Å². The molecule has 217 valence electrons. The van der Waals surface area contributed by atoms with Gasteiger partial charge in [-0.3, -0.25) is 0 Å². The Balaban J connectivity index is 0.000000216. The van der Waals surface area contributed by atoms with Crippen LogP contribution in [0.15, 0.2) is 91.3 Å². The van der Waals surface area contributed by atoms with Crippen LogP contribution in [0.1, 0.15) is 50.7 Å². The summed E-state index contributed by atoms with van der Waals surface area (Å²) in [5.41, 5.74) is 6.72. The molecule has 0 atom stereocenters. The van der Waals surface area contributed by atoms with Crippen molar-refractivity contribution in [1.82, 2.24) is 9.97 Å². The first-order valence-corrected chi connectivity index (χ1v) is 18.7. The van der Waals surface area contributed by atoms with Gasteiger partial charge in [-0.15, -0.1) is 59.7 Å². The molecule has 1 radical (unpaired) electrons. The summed E-state index contributed by atoms with van der Waals surface area (Å²) in [5, 5.41) is 4.34. The predicted molar refractivity (Wildman–Crippen MR) is 181 cm³/mol. The number of thiophene rings is 1. The van der Waals surface area contributed by atoms with E-state index < -0.39 is 8.07 Å². The second-order valence-electron chi connectivity index (χ2n) is 12.2. The fourth-order valence-corrected chi connectivity index (χ4v) is 7.90. The molecule has 6 aromatic rings. The number of rotatable bonds is 5. The molecule has 0 aliphatic carbocycles. The number of hydrogen-bond donors (Lipinski definition) is 0. The molecule has 0 amide bonds. The standard InChI is InChI=1S/C23H24NSSi.C14H14N.Ir/c1-15(2)16-12-13-19(24-14-16)17-8-6-9-18-22-20(25-23(17)18)10-7-11-21(22)26(3,4)5;1-11(2)13-8-9-14(15-10-13)12-6-4-3-5-7-12;/h6-7,9-15H,1-5H3;3-6,8-11H,1-2H3;/q2*-1;. The van der Waals surface area contributed by atoms with Gasteiger partial charge in [0.25, 0.3) is 0 Å². The second kappa shape index (κ2) is 13.6. The van der Waals surface area contributed by atoms with E-state index in [4.69, 9.17) is 4.98 Å². The third kappa shape index (κ3) is 6.98. The Labute approximate surface area is 269 Å². The third-order valence-electron chi connectivity index (χ3n) is 7.41. The molecule has 0 saturated heterocycles. The van der Waals surface area contributed by atoms with E-state index in [1.165, 1.54) is 31.3 Å². The summed E-state index contributed by atoms with van der Waals surface area (Å²) in [6.07, 6.45) is 3.95. The van der Waals surface area contributed by atoms with Crippen LogP contribution in [-0.2, 0) is 20.1 Å². The first-order valence-electron chi connectivity index (χ1n) is 14.4. The Bertz CT molecular complexity index is 1750. The Kier molecular flexibility index (Phi) is 10.3. The minimum atomic E-state index is -1.41. The number of aromatic nitrogens is 2. The minimum Gasteiger partial charge on any atom is -0.304 e. The minimum absolute atomic E-state index is 0. The molecule has 0 spiro atoms. The number of nitrogens with zero attached hydrogens (tertiary/aromatic N) is 2. The fraction of sp³-hybridized carbons (Fsp3) is 0.243. The Morgan fingerprint density at radius 3 is 1.90 bits per heavy atom. The van der Waals surface area contributed by atoms with Gasteiger partial charge >= 0.3 is 0 Å². The molecule has 2 nitrogen and oxygen atoms in total. The van der Waals surface area contributed by atoms with Crippen LogP contribution in [0.25, 0.3) is 42.7 Å². The van der Waals surface area contributed by atoms with E-state index in [-0.39, 0.29) is 20.1 Å². The SMILES string of the molecule is CC(C)c1ccc(-c2[c-]ccc3c2sc2cccc([Si](C)(C)C)c23)nc1.CC(C)c1ccc(-c2[c-]cccc2)nc1.[Ir]. The summed E-state index contributed by atoms with van der Waals surface area (Å²) >= 11 is 1.87. The summed E-state index contributed by atoms with van der Waals surface area (Å²) in [6, 6.07) is 34.1. The normalized spacial score (nSPS) is 11.5. The zero-order chi connectivity index (χ0) is 29.1. The van der Waals surface area contributed by atoms with Crippen LogP contribution < -0.4 is 5.19 Å². The van der Waals surface area contributed by atoms with Gasteiger partial charge in [0.2, 0.25) is 0 Å². The molecule has 0 bridgehead atoms. The van der Waals surface area contributed by atoms with Crippen molar-refractivity contribution in [2.75, 3.05) is 0 Å². The maximum Gasteiger partial charge on any atom is 0.0783 e. The maximum atomic E-state index is 4.75. The van der Waals surface area contributed by atoms with Crippen LogP contribution in [0, 0.1) is 12.1 Å². The molecule has 6 rings (SSSR count). The number of benzene rings is 3. The summed E-state index contributed by atoms with van der Waals surface area (Å²) in [7, 11) is -1.41. The quantitative estimate of drug-likeness (QED) is 0.129. The number of fused-ring (bicyclic) bond motifs is 3. The molecule has 5 heteroatoms. The van der Waals surface area contributed by atoms with Gasteiger partial charge in [0.1, 0.15) is 0 Å². The molecule has 0 fully saturated rings. The molecular formula is C37H38IrN2SSi-2. The number of pyridine rings is 2. The van der Waals surface area contributed by atoms with Crippen LogP contribution in [0.3, 0.4) is 0 Å². The molecular weight excluding hydrogens is 725 g/mol. The zero-order valence-corrected chi connectivity index (χ0v) is 29.7. The van der Waals surface area contributed by atoms with Gasteiger partial charge in [-0.1, -0.05) is 94.3 Å². The van der Waals surface area contributed by atoms with Gasteiger partial charge in [-0.2, -0.15) is 11.3 Å². The van der Waals surface area contributed by atoms with E-state index in [0.29, 0.717) is 11.8 Å². The topological polar surface area (TPSA) is 25.8 Å². The van der Waals surface area contributed by atoms with Gasteiger partial charge in [0.15, 0.2) is 0 Å². The monoisotopic (exact) mass is 763 g/mol. The molecule has 0 aliphatic rings. The maximum absolute atomic E-state index is 4.75. The van der Waals surface area contributed by atoms with Crippen LogP contribution in [0.2, 0.25) is 19.6 Å². The van der Waals surface area contributed by atoms with Crippen molar-refractivity contribution in [1.29, 1.82) is 0 Å². The molecule has 0 N–H and O–H groups in total. The third-order valence-corrected chi connectivity index (χ3v) is 10.6. The molecule has 42 heavy (non-hydrogen) atoms. The Morgan fingerprint density at radius 2 is 1.36 bits per heavy atom. The summed E-state index contributed by atoms with van der Waals surface area (Å²) < 4.78 is 2.68. The molecule has 3 heterocycles. The summed E-state index contributed by atoms with van der Waals surface area (Å²) in [5.74, 6) is 1.03. The average molecular weight is 763 g/mol. The van der Waals surface area contributed by atoms with Gasteiger partial charge in [-0.05, 0) is 50.5 Å². The van der Waals surface area contributed by atoms with Gasteiger partial charge < -0.3 is 9.97 Å². The van der Waals surface area contributed by atoms with Crippen molar-refractivity contribution in [3.8, 4) is 22.5 Å². The smallest absolute Gasteiger partial charge is 0.0783 e. The van der Waals surface area contributed by atoms with E-state index in [2.05, 4.69) is 119 Å². The first-order chi connectivity index (χ1) is 19.6. The molecule has 0 aliphatic heterocycles. The molecule has 0 unspecified atom stereocenters. The number of hydrogen-bond acceptors (Lipinski definition) is 3. The van der Waals surface area contributed by atoms with Gasteiger partial charge in [-0.25, -0.2) is 0 Å². The van der Waals surface area contributed by atoms with Crippen LogP contribution >= 0.6 is 11.3 Å². The average Bonchev–Trinajstić information content (AvgIpc) is 3.36. The van der Waals surface area contributed by atoms with Crippen molar-refractivity contribution < 1.29 is 20.1 Å². The largest absolute Gasteiger partial charge is 0.304 e. The van der Waals surface area contributed by atoms with E-state index >= 15 is 0 Å². The van der Waals surface area contributed by atoms with Gasteiger partial charge in [0.05, 0.1) is 8.07 Å². The van der Waals surface area contributed by atoms with Gasteiger partial charge in [0, 0.05) is 37.2 Å². The first kappa shape index (κ1) is 32.0. The van der Waals surface area contributed by atoms with Crippen molar-refractivity contribution in [3.05, 3.63) is 115 Å². The summed E-state index contributed by atoms with van der Waals surface area (Å²) in [4.78, 5) is 9.18. The van der Waals surface area contributed by atoms with Crippen molar-refractivity contribution in [3.63, 3.8) is 0 Å². The Morgan fingerprint density at radius 1 is 0.690 bits per heavy atom. The zero-order valence-electron chi connectivity index (χ0n) is 25.5. The summed E-state index contributed by atoms with van der Waals surface area (Å²) in [6.45, 7) is 16.0. The molecule has 0 saturated carbocycles. The second-order valence-corrected chi connectivity index (χ2v) is 18.3.